The fourth-order valence-electron chi connectivity index (χ4n) is 2.56. The molecule has 0 spiro atoms. The SMILES string of the molecule is O=C(c1cccc(-n2cccc2)c1)N1CCC(O)CC1. The number of aromatic nitrogens is 1. The van der Waals surface area contributed by atoms with Crippen LogP contribution in [-0.2, 0) is 0 Å². The van der Waals surface area contributed by atoms with E-state index in [9.17, 15) is 9.90 Å². The molecule has 2 heterocycles. The zero-order chi connectivity index (χ0) is 13.9. The van der Waals surface area contributed by atoms with Gasteiger partial charge in [0.05, 0.1) is 6.10 Å². The Bertz CT molecular complexity index is 584. The molecular weight excluding hydrogens is 252 g/mol. The number of aliphatic hydroxyl groups excluding tert-OH is 1. The van der Waals surface area contributed by atoms with Gasteiger partial charge in [-0.25, -0.2) is 0 Å². The Labute approximate surface area is 118 Å². The molecule has 104 valence electrons. The summed E-state index contributed by atoms with van der Waals surface area (Å²) in [6, 6.07) is 11.6. The lowest BCUT2D eigenvalue weighted by molar-refractivity contribution is 0.0546. The summed E-state index contributed by atoms with van der Waals surface area (Å²) in [6.07, 6.45) is 5.00. The van der Waals surface area contributed by atoms with Crippen LogP contribution in [0.3, 0.4) is 0 Å². The molecule has 1 aliphatic heterocycles. The number of amides is 1. The fourth-order valence-corrected chi connectivity index (χ4v) is 2.56. The highest BCUT2D eigenvalue weighted by Gasteiger charge is 2.22. The molecule has 1 fully saturated rings. The molecule has 20 heavy (non-hydrogen) atoms. The lowest BCUT2D eigenvalue weighted by Gasteiger charge is -2.29. The van der Waals surface area contributed by atoms with Crippen LogP contribution in [0.2, 0.25) is 0 Å². The van der Waals surface area contributed by atoms with Crippen LogP contribution in [0.25, 0.3) is 5.69 Å². The molecular formula is C16H18N2O2. The molecule has 0 unspecified atom stereocenters. The predicted octanol–water partition coefficient (Wildman–Crippen LogP) is 2.07. The third kappa shape index (κ3) is 2.60. The number of hydrogen-bond donors (Lipinski definition) is 1. The second kappa shape index (κ2) is 5.51. The summed E-state index contributed by atoms with van der Waals surface area (Å²) in [4.78, 5) is 14.3. The van der Waals surface area contributed by atoms with Crippen molar-refractivity contribution in [2.24, 2.45) is 0 Å². The van der Waals surface area contributed by atoms with Crippen LogP contribution in [0.5, 0.6) is 0 Å². The Morgan fingerprint density at radius 3 is 2.50 bits per heavy atom. The van der Waals surface area contributed by atoms with Gasteiger partial charge < -0.3 is 14.6 Å². The molecule has 0 radical (unpaired) electrons. The molecule has 1 aromatic carbocycles. The number of aliphatic hydroxyl groups is 1. The van der Waals surface area contributed by atoms with Crippen molar-refractivity contribution in [2.75, 3.05) is 13.1 Å². The van der Waals surface area contributed by atoms with Gasteiger partial charge in [-0.15, -0.1) is 0 Å². The molecule has 0 bridgehead atoms. The maximum absolute atomic E-state index is 12.5. The quantitative estimate of drug-likeness (QED) is 0.908. The van der Waals surface area contributed by atoms with E-state index in [4.69, 9.17) is 0 Å². The average molecular weight is 270 g/mol. The minimum absolute atomic E-state index is 0.0471. The minimum Gasteiger partial charge on any atom is -0.393 e. The number of nitrogens with zero attached hydrogens (tertiary/aromatic N) is 2. The van der Waals surface area contributed by atoms with Gasteiger partial charge in [-0.1, -0.05) is 6.07 Å². The van der Waals surface area contributed by atoms with E-state index in [0.29, 0.717) is 31.5 Å². The molecule has 0 saturated carbocycles. The van der Waals surface area contributed by atoms with Crippen molar-refractivity contribution in [3.05, 3.63) is 54.4 Å². The van der Waals surface area contributed by atoms with E-state index < -0.39 is 0 Å². The number of piperidine rings is 1. The minimum atomic E-state index is -0.259. The largest absolute Gasteiger partial charge is 0.393 e. The van der Waals surface area contributed by atoms with Crippen LogP contribution in [0, 0.1) is 0 Å². The molecule has 1 amide bonds. The molecule has 4 heteroatoms. The Balaban J connectivity index is 1.80. The maximum Gasteiger partial charge on any atom is 0.253 e. The van der Waals surface area contributed by atoms with Gasteiger partial charge in [0.15, 0.2) is 0 Å². The lowest BCUT2D eigenvalue weighted by atomic mass is 10.1. The van der Waals surface area contributed by atoms with Crippen molar-refractivity contribution in [3.63, 3.8) is 0 Å². The Hall–Kier alpha value is -2.07. The Morgan fingerprint density at radius 1 is 1.10 bits per heavy atom. The van der Waals surface area contributed by atoms with Crippen molar-refractivity contribution in [2.45, 2.75) is 18.9 Å². The topological polar surface area (TPSA) is 45.5 Å². The first-order valence-electron chi connectivity index (χ1n) is 6.95. The third-order valence-electron chi connectivity index (χ3n) is 3.75. The van der Waals surface area contributed by atoms with E-state index in [-0.39, 0.29) is 12.0 Å². The molecule has 1 saturated heterocycles. The number of likely N-dealkylation sites (tertiary alicyclic amines) is 1. The van der Waals surface area contributed by atoms with Crippen LogP contribution >= 0.6 is 0 Å². The zero-order valence-electron chi connectivity index (χ0n) is 11.3. The highest BCUT2D eigenvalue weighted by Crippen LogP contribution is 2.16. The van der Waals surface area contributed by atoms with Crippen LogP contribution in [0.4, 0.5) is 0 Å². The normalized spacial score (nSPS) is 16.4. The number of benzene rings is 1. The van der Waals surface area contributed by atoms with Gasteiger partial charge in [-0.3, -0.25) is 4.79 Å². The highest BCUT2D eigenvalue weighted by atomic mass is 16.3. The van der Waals surface area contributed by atoms with Gasteiger partial charge in [-0.2, -0.15) is 0 Å². The van der Waals surface area contributed by atoms with Crippen LogP contribution < -0.4 is 0 Å². The number of carbonyl (C=O) groups is 1. The van der Waals surface area contributed by atoms with E-state index in [1.165, 1.54) is 0 Å². The van der Waals surface area contributed by atoms with Crippen LogP contribution in [0.15, 0.2) is 48.8 Å². The first kappa shape index (κ1) is 12.9. The average Bonchev–Trinajstić information content (AvgIpc) is 3.02. The van der Waals surface area contributed by atoms with Gasteiger partial charge in [0.2, 0.25) is 0 Å². The summed E-state index contributed by atoms with van der Waals surface area (Å²) < 4.78 is 1.98. The van der Waals surface area contributed by atoms with E-state index in [1.54, 1.807) is 0 Å². The summed E-state index contributed by atoms with van der Waals surface area (Å²) in [5.74, 6) is 0.0471. The first-order chi connectivity index (χ1) is 9.74. The summed E-state index contributed by atoms with van der Waals surface area (Å²) in [5.41, 5.74) is 1.69. The summed E-state index contributed by atoms with van der Waals surface area (Å²) >= 11 is 0. The van der Waals surface area contributed by atoms with Crippen molar-refractivity contribution >= 4 is 5.91 Å². The van der Waals surface area contributed by atoms with Gasteiger partial charge >= 0.3 is 0 Å². The number of carbonyl (C=O) groups excluding carboxylic acids is 1. The molecule has 3 rings (SSSR count). The fraction of sp³-hybridized carbons (Fsp3) is 0.312. The maximum atomic E-state index is 12.5. The van der Waals surface area contributed by atoms with Gasteiger partial charge in [-0.05, 0) is 43.2 Å². The molecule has 1 N–H and O–H groups in total. The molecule has 2 aromatic rings. The number of rotatable bonds is 2. The van der Waals surface area contributed by atoms with Crippen molar-refractivity contribution in [1.29, 1.82) is 0 Å². The van der Waals surface area contributed by atoms with Gasteiger partial charge in [0.1, 0.15) is 0 Å². The second-order valence-electron chi connectivity index (χ2n) is 5.16. The van der Waals surface area contributed by atoms with E-state index >= 15 is 0 Å². The van der Waals surface area contributed by atoms with Crippen molar-refractivity contribution in [3.8, 4) is 5.69 Å². The highest BCUT2D eigenvalue weighted by molar-refractivity contribution is 5.94. The van der Waals surface area contributed by atoms with E-state index in [2.05, 4.69) is 0 Å². The Morgan fingerprint density at radius 2 is 1.80 bits per heavy atom. The van der Waals surface area contributed by atoms with E-state index in [1.807, 2.05) is 58.3 Å². The van der Waals surface area contributed by atoms with Gasteiger partial charge in [0.25, 0.3) is 5.91 Å². The van der Waals surface area contributed by atoms with Gasteiger partial charge in [0, 0.05) is 36.7 Å². The smallest absolute Gasteiger partial charge is 0.253 e. The molecule has 1 aliphatic rings. The zero-order valence-corrected chi connectivity index (χ0v) is 11.3. The van der Waals surface area contributed by atoms with Crippen molar-refractivity contribution < 1.29 is 9.90 Å². The molecule has 0 atom stereocenters. The summed E-state index contributed by atoms with van der Waals surface area (Å²) in [5, 5.41) is 9.51. The van der Waals surface area contributed by atoms with Crippen molar-refractivity contribution in [1.82, 2.24) is 9.47 Å². The Kier molecular flexibility index (Phi) is 3.56. The standard InChI is InChI=1S/C16H18N2O2/c19-15-6-10-18(11-7-15)16(20)13-4-3-5-14(12-13)17-8-1-2-9-17/h1-5,8-9,12,15,19H,6-7,10-11H2. The number of hydrogen-bond acceptors (Lipinski definition) is 2. The molecule has 4 nitrogen and oxygen atoms in total. The first-order valence-corrected chi connectivity index (χ1v) is 6.95. The van der Waals surface area contributed by atoms with Crippen LogP contribution in [0.1, 0.15) is 23.2 Å². The third-order valence-corrected chi connectivity index (χ3v) is 3.75. The lowest BCUT2D eigenvalue weighted by Crippen LogP contribution is -2.40. The molecule has 0 aliphatic carbocycles. The summed E-state index contributed by atoms with van der Waals surface area (Å²) in [6.45, 7) is 1.27. The van der Waals surface area contributed by atoms with Crippen LogP contribution in [-0.4, -0.2) is 39.7 Å². The molecule has 1 aromatic heterocycles. The van der Waals surface area contributed by atoms with E-state index in [0.717, 1.165) is 5.69 Å². The second-order valence-corrected chi connectivity index (χ2v) is 5.16. The monoisotopic (exact) mass is 270 g/mol. The predicted molar refractivity (Wildman–Crippen MR) is 76.9 cm³/mol. The summed E-state index contributed by atoms with van der Waals surface area (Å²) in [7, 11) is 0.